The first-order valence-corrected chi connectivity index (χ1v) is 13.3. The van der Waals surface area contributed by atoms with Crippen LogP contribution in [-0.4, -0.2) is 21.2 Å². The van der Waals surface area contributed by atoms with Crippen molar-refractivity contribution in [2.45, 2.75) is 73.8 Å². The number of aryl methyl sites for hydroxylation is 1. The number of carbonyl (C=O) groups is 1. The van der Waals surface area contributed by atoms with E-state index in [1.165, 1.54) is 43.4 Å². The van der Waals surface area contributed by atoms with E-state index >= 15 is 0 Å². The summed E-state index contributed by atoms with van der Waals surface area (Å²) < 4.78 is 0.924. The van der Waals surface area contributed by atoms with Gasteiger partial charge in [0.25, 0.3) is 0 Å². The molecule has 1 unspecified atom stereocenters. The largest absolute Gasteiger partial charge is 0.384 e. The number of Topliss-reactive ketones (excluding diaryl/α,β-unsaturated/α-hetero) is 1. The normalized spacial score (nSPS) is 21.9. The fourth-order valence-electron chi connectivity index (χ4n) is 5.06. The number of hydrogen-bond donors (Lipinski definition) is 1. The van der Waals surface area contributed by atoms with E-state index in [1.807, 2.05) is 36.1 Å². The van der Waals surface area contributed by atoms with Crippen molar-refractivity contribution in [1.29, 1.82) is 5.26 Å². The van der Waals surface area contributed by atoms with Gasteiger partial charge in [-0.1, -0.05) is 72.2 Å². The number of ketones is 1. The zero-order valence-corrected chi connectivity index (χ0v) is 20.3. The zero-order chi connectivity index (χ0) is 22.9. The van der Waals surface area contributed by atoms with E-state index in [0.29, 0.717) is 33.8 Å². The van der Waals surface area contributed by atoms with Gasteiger partial charge in [-0.05, 0) is 38.2 Å². The molecule has 33 heavy (non-hydrogen) atoms. The van der Waals surface area contributed by atoms with Crippen molar-refractivity contribution in [3.63, 3.8) is 0 Å². The van der Waals surface area contributed by atoms with E-state index in [9.17, 15) is 10.1 Å². The molecule has 1 aromatic carbocycles. The van der Waals surface area contributed by atoms with Gasteiger partial charge in [0.15, 0.2) is 10.1 Å². The quantitative estimate of drug-likeness (QED) is 0.614. The van der Waals surface area contributed by atoms with Crippen molar-refractivity contribution in [3.8, 4) is 6.07 Å². The Labute approximate surface area is 202 Å². The maximum absolute atomic E-state index is 13.2. The number of nitrogens with zero attached hydrogens (tertiary/aromatic N) is 4. The molecule has 170 valence electrons. The summed E-state index contributed by atoms with van der Waals surface area (Å²) in [4.78, 5) is 15.0. The summed E-state index contributed by atoms with van der Waals surface area (Å²) in [5.41, 5.74) is 10.7. The first kappa shape index (κ1) is 22.2. The highest BCUT2D eigenvalue weighted by Gasteiger charge is 2.41. The van der Waals surface area contributed by atoms with Crippen LogP contribution in [0.1, 0.15) is 68.4 Å². The van der Waals surface area contributed by atoms with Gasteiger partial charge in [-0.25, -0.2) is 0 Å². The van der Waals surface area contributed by atoms with E-state index in [-0.39, 0.29) is 5.78 Å². The SMILES string of the molecule is Cc1ccc(C2C(C#N)=C(N)N(c3nnc(SC4CCCCC4)s3)C3=C2C(=O)CCC3)cc1. The lowest BCUT2D eigenvalue weighted by atomic mass is 9.75. The molecule has 1 atom stereocenters. The van der Waals surface area contributed by atoms with Crippen LogP contribution >= 0.6 is 23.1 Å². The Morgan fingerprint density at radius 3 is 2.61 bits per heavy atom. The van der Waals surface area contributed by atoms with Crippen molar-refractivity contribution >= 4 is 34.0 Å². The fourth-order valence-corrected chi connectivity index (χ4v) is 7.45. The maximum atomic E-state index is 13.2. The first-order valence-electron chi connectivity index (χ1n) is 11.6. The van der Waals surface area contributed by atoms with Crippen LogP contribution in [0.4, 0.5) is 5.13 Å². The van der Waals surface area contributed by atoms with E-state index in [4.69, 9.17) is 5.73 Å². The lowest BCUT2D eigenvalue weighted by Crippen LogP contribution is -2.38. The number of hydrogen-bond acceptors (Lipinski definition) is 8. The highest BCUT2D eigenvalue weighted by atomic mass is 32.2. The monoisotopic (exact) mass is 477 g/mol. The number of rotatable bonds is 4. The van der Waals surface area contributed by atoms with Crippen molar-refractivity contribution in [1.82, 2.24) is 10.2 Å². The van der Waals surface area contributed by atoms with Gasteiger partial charge in [-0.2, -0.15) is 5.26 Å². The number of anilines is 1. The number of nitrogens with two attached hydrogens (primary N) is 1. The summed E-state index contributed by atoms with van der Waals surface area (Å²) >= 11 is 3.30. The van der Waals surface area contributed by atoms with E-state index in [0.717, 1.165) is 34.0 Å². The summed E-state index contributed by atoms with van der Waals surface area (Å²) in [5.74, 6) is 0.0222. The molecule has 6 nitrogen and oxygen atoms in total. The Bertz CT molecular complexity index is 1170. The predicted octanol–water partition coefficient (Wildman–Crippen LogP) is 5.58. The molecule has 0 spiro atoms. The molecule has 1 saturated carbocycles. The third-order valence-electron chi connectivity index (χ3n) is 6.73. The summed E-state index contributed by atoms with van der Waals surface area (Å²) in [7, 11) is 0. The first-order chi connectivity index (χ1) is 16.1. The number of aromatic nitrogens is 2. The Morgan fingerprint density at radius 1 is 1.12 bits per heavy atom. The Hall–Kier alpha value is -2.63. The molecule has 0 saturated heterocycles. The zero-order valence-electron chi connectivity index (χ0n) is 18.7. The molecular weight excluding hydrogens is 450 g/mol. The summed E-state index contributed by atoms with van der Waals surface area (Å²) in [5, 5.41) is 20.2. The molecule has 1 fully saturated rings. The second kappa shape index (κ2) is 9.32. The van der Waals surface area contributed by atoms with Gasteiger partial charge in [0.2, 0.25) is 5.13 Å². The van der Waals surface area contributed by atoms with Gasteiger partial charge >= 0.3 is 0 Å². The van der Waals surface area contributed by atoms with Gasteiger partial charge in [-0.3, -0.25) is 9.69 Å². The number of carbonyl (C=O) groups excluding carboxylic acids is 1. The minimum Gasteiger partial charge on any atom is -0.384 e. The average Bonchev–Trinajstić information content (AvgIpc) is 3.27. The Balaban J connectivity index is 1.56. The molecule has 5 rings (SSSR count). The van der Waals surface area contributed by atoms with Gasteiger partial charge in [0.1, 0.15) is 5.82 Å². The number of nitriles is 1. The van der Waals surface area contributed by atoms with Crippen LogP contribution in [0.15, 0.2) is 51.3 Å². The van der Waals surface area contributed by atoms with Crippen molar-refractivity contribution in [2.75, 3.05) is 4.90 Å². The van der Waals surface area contributed by atoms with Gasteiger partial charge in [0, 0.05) is 22.9 Å². The second-order valence-electron chi connectivity index (χ2n) is 8.96. The topological polar surface area (TPSA) is 95.9 Å². The van der Waals surface area contributed by atoms with Crippen LogP contribution in [0.5, 0.6) is 0 Å². The molecule has 2 N–H and O–H groups in total. The number of allylic oxidation sites excluding steroid dienone is 3. The van der Waals surface area contributed by atoms with Gasteiger partial charge in [0.05, 0.1) is 17.6 Å². The number of thioether (sulfide) groups is 1. The lowest BCUT2D eigenvalue weighted by Gasteiger charge is -2.38. The molecule has 0 radical (unpaired) electrons. The Kier molecular flexibility index (Phi) is 6.26. The smallest absolute Gasteiger partial charge is 0.219 e. The molecular formula is C25H27N5OS2. The molecule has 0 bridgehead atoms. The molecule has 3 aliphatic rings. The molecule has 2 aromatic rings. The lowest BCUT2D eigenvalue weighted by molar-refractivity contribution is -0.116. The summed E-state index contributed by atoms with van der Waals surface area (Å²) in [6.45, 7) is 2.02. The van der Waals surface area contributed by atoms with Gasteiger partial charge < -0.3 is 5.73 Å². The van der Waals surface area contributed by atoms with Crippen molar-refractivity contribution < 1.29 is 4.79 Å². The minimum absolute atomic E-state index is 0.0911. The van der Waals surface area contributed by atoms with E-state index in [1.54, 1.807) is 11.8 Å². The molecule has 8 heteroatoms. The van der Waals surface area contributed by atoms with Gasteiger partial charge in [-0.15, -0.1) is 10.2 Å². The summed E-state index contributed by atoms with van der Waals surface area (Å²) in [6, 6.07) is 10.3. The summed E-state index contributed by atoms with van der Waals surface area (Å²) in [6.07, 6.45) is 8.28. The minimum atomic E-state index is -0.432. The maximum Gasteiger partial charge on any atom is 0.219 e. The Morgan fingerprint density at radius 2 is 1.88 bits per heavy atom. The van der Waals surface area contributed by atoms with Crippen LogP contribution < -0.4 is 10.6 Å². The second-order valence-corrected chi connectivity index (χ2v) is 11.5. The molecule has 1 aliphatic heterocycles. The van der Waals surface area contributed by atoms with Crippen LogP contribution in [-0.2, 0) is 4.79 Å². The molecule has 2 aliphatic carbocycles. The fraction of sp³-hybridized carbons (Fsp3) is 0.440. The standard InChI is InChI=1S/C25H27N5OS2/c1-15-10-12-16(13-11-15)21-18(14-26)23(27)30(19-8-5-9-20(31)22(19)21)24-28-29-25(33-24)32-17-6-3-2-4-7-17/h10-13,17,21H,2-9,27H2,1H3. The van der Waals surface area contributed by atoms with Crippen LogP contribution in [0.2, 0.25) is 0 Å². The third kappa shape index (κ3) is 4.20. The van der Waals surface area contributed by atoms with E-state index < -0.39 is 5.92 Å². The van der Waals surface area contributed by atoms with Crippen molar-refractivity contribution in [3.05, 3.63) is 58.1 Å². The van der Waals surface area contributed by atoms with Crippen LogP contribution in [0, 0.1) is 18.3 Å². The predicted molar refractivity (Wildman–Crippen MR) is 132 cm³/mol. The van der Waals surface area contributed by atoms with E-state index in [2.05, 4.69) is 16.3 Å². The van der Waals surface area contributed by atoms with Crippen LogP contribution in [0.3, 0.4) is 0 Å². The third-order valence-corrected chi connectivity index (χ3v) is 9.06. The molecule has 2 heterocycles. The number of benzene rings is 1. The molecule has 0 amide bonds. The highest BCUT2D eigenvalue weighted by molar-refractivity contribution is 8.01. The average molecular weight is 478 g/mol. The van der Waals surface area contributed by atoms with Crippen LogP contribution in [0.25, 0.3) is 0 Å². The molecule has 1 aromatic heterocycles. The van der Waals surface area contributed by atoms with Crippen molar-refractivity contribution in [2.24, 2.45) is 5.73 Å². The highest BCUT2D eigenvalue weighted by Crippen LogP contribution is 2.47.